The number of carbonyl (C=O) groups is 2. The lowest BCUT2D eigenvalue weighted by molar-refractivity contribution is -0.151. The van der Waals surface area contributed by atoms with Crippen molar-refractivity contribution >= 4 is 11.9 Å². The minimum absolute atomic E-state index is 0.364. The molecule has 1 amide bonds. The number of carboxylic acids is 1. The van der Waals surface area contributed by atoms with E-state index in [1.807, 2.05) is 0 Å². The zero-order valence-electron chi connectivity index (χ0n) is 5.82. The Morgan fingerprint density at radius 3 is 2.18 bits per heavy atom. The molecule has 0 unspecified atom stereocenters. The predicted octanol–water partition coefficient (Wildman–Crippen LogP) is -0.896. The Bertz CT molecular complexity index is 171. The van der Waals surface area contributed by atoms with Crippen molar-refractivity contribution in [1.82, 2.24) is 0 Å². The molecule has 1 saturated heterocycles. The summed E-state index contributed by atoms with van der Waals surface area (Å²) in [6, 6.07) is 0. The van der Waals surface area contributed by atoms with E-state index in [1.165, 1.54) is 0 Å². The molecule has 5 nitrogen and oxygen atoms in total. The van der Waals surface area contributed by atoms with Gasteiger partial charge in [-0.1, -0.05) is 0 Å². The van der Waals surface area contributed by atoms with E-state index in [9.17, 15) is 9.59 Å². The van der Waals surface area contributed by atoms with Crippen LogP contribution in [0.4, 0.5) is 0 Å². The number of carboxylic acid groups (broad SMARTS) is 1. The molecule has 1 heterocycles. The number of hydrogen-bond donors (Lipinski definition) is 2. The smallest absolute Gasteiger partial charge is 0.332 e. The summed E-state index contributed by atoms with van der Waals surface area (Å²) >= 11 is 0. The normalized spacial score (nSPS) is 30.2. The number of aliphatic carboxylic acids is 1. The molecule has 0 bridgehead atoms. The van der Waals surface area contributed by atoms with Crippen LogP contribution in [0.25, 0.3) is 0 Å². The molecule has 1 aliphatic heterocycles. The van der Waals surface area contributed by atoms with Crippen LogP contribution >= 0.6 is 0 Å². The minimum Gasteiger partial charge on any atom is -0.479 e. The Kier molecular flexibility index (Phi) is 2.09. The molecule has 2 atom stereocenters. The fourth-order valence-corrected chi connectivity index (χ4v) is 1.03. The molecular formula is C6H9NO4. The highest BCUT2D eigenvalue weighted by Crippen LogP contribution is 2.19. The Morgan fingerprint density at radius 2 is 1.91 bits per heavy atom. The van der Waals surface area contributed by atoms with Gasteiger partial charge in [-0.15, -0.1) is 0 Å². The largest absolute Gasteiger partial charge is 0.479 e. The van der Waals surface area contributed by atoms with E-state index in [1.54, 1.807) is 0 Å². The maximum atomic E-state index is 10.5. The van der Waals surface area contributed by atoms with E-state index in [4.69, 9.17) is 15.6 Å². The number of rotatable bonds is 2. The third-order valence-electron chi connectivity index (χ3n) is 1.61. The lowest BCUT2D eigenvalue weighted by Crippen LogP contribution is -2.30. The molecule has 5 heteroatoms. The third kappa shape index (κ3) is 1.68. The third-order valence-corrected chi connectivity index (χ3v) is 1.61. The van der Waals surface area contributed by atoms with Crippen molar-refractivity contribution in [2.24, 2.45) is 5.73 Å². The van der Waals surface area contributed by atoms with Gasteiger partial charge >= 0.3 is 5.97 Å². The van der Waals surface area contributed by atoms with Crippen LogP contribution in [-0.2, 0) is 14.3 Å². The molecule has 1 aliphatic rings. The molecule has 0 aromatic heterocycles. The summed E-state index contributed by atoms with van der Waals surface area (Å²) in [5.41, 5.74) is 4.90. The number of carbonyl (C=O) groups excluding carboxylic acids is 1. The highest BCUT2D eigenvalue weighted by molar-refractivity contribution is 5.81. The fraction of sp³-hybridized carbons (Fsp3) is 0.667. The van der Waals surface area contributed by atoms with Crippen LogP contribution < -0.4 is 5.73 Å². The molecule has 1 fully saturated rings. The van der Waals surface area contributed by atoms with Gasteiger partial charge in [-0.2, -0.15) is 0 Å². The average Bonchev–Trinajstić information content (AvgIpc) is 2.33. The van der Waals surface area contributed by atoms with Crippen LogP contribution in [0, 0.1) is 0 Å². The summed E-state index contributed by atoms with van der Waals surface area (Å²) in [6.45, 7) is 0. The van der Waals surface area contributed by atoms with Crippen LogP contribution in [0.15, 0.2) is 0 Å². The van der Waals surface area contributed by atoms with E-state index in [0.717, 1.165) is 0 Å². The maximum Gasteiger partial charge on any atom is 0.332 e. The average molecular weight is 159 g/mol. The first-order valence-corrected chi connectivity index (χ1v) is 3.29. The van der Waals surface area contributed by atoms with Crippen LogP contribution in [0.2, 0.25) is 0 Å². The van der Waals surface area contributed by atoms with Gasteiger partial charge in [0.05, 0.1) is 0 Å². The Morgan fingerprint density at radius 1 is 1.36 bits per heavy atom. The number of amides is 1. The molecular weight excluding hydrogens is 150 g/mol. The molecule has 0 aliphatic carbocycles. The molecule has 1 rings (SSSR count). The number of nitrogens with two attached hydrogens (primary N) is 1. The van der Waals surface area contributed by atoms with Crippen molar-refractivity contribution < 1.29 is 19.4 Å². The Labute approximate surface area is 63.1 Å². The van der Waals surface area contributed by atoms with Crippen LogP contribution in [0.1, 0.15) is 12.8 Å². The second-order valence-corrected chi connectivity index (χ2v) is 2.43. The predicted molar refractivity (Wildman–Crippen MR) is 34.7 cm³/mol. The summed E-state index contributed by atoms with van der Waals surface area (Å²) in [5, 5.41) is 8.44. The molecule has 3 N–H and O–H groups in total. The Balaban J connectivity index is 2.47. The van der Waals surface area contributed by atoms with Gasteiger partial charge in [0.15, 0.2) is 6.10 Å². The topological polar surface area (TPSA) is 89.6 Å². The zero-order chi connectivity index (χ0) is 8.43. The van der Waals surface area contributed by atoms with Gasteiger partial charge in [-0.3, -0.25) is 4.79 Å². The molecule has 62 valence electrons. The highest BCUT2D eigenvalue weighted by Gasteiger charge is 2.33. The van der Waals surface area contributed by atoms with Crippen molar-refractivity contribution in [3.05, 3.63) is 0 Å². The number of hydrogen-bond acceptors (Lipinski definition) is 3. The van der Waals surface area contributed by atoms with E-state index >= 15 is 0 Å². The van der Waals surface area contributed by atoms with Crippen molar-refractivity contribution in [1.29, 1.82) is 0 Å². The SMILES string of the molecule is NC(=O)[C@@H]1CC[C@H](C(=O)O)O1. The first-order chi connectivity index (χ1) is 5.11. The highest BCUT2D eigenvalue weighted by atomic mass is 16.5. The fourth-order valence-electron chi connectivity index (χ4n) is 1.03. The van der Waals surface area contributed by atoms with Gasteiger partial charge < -0.3 is 15.6 Å². The van der Waals surface area contributed by atoms with Crippen molar-refractivity contribution in [2.45, 2.75) is 25.0 Å². The molecule has 0 aromatic rings. The summed E-state index contributed by atoms with van der Waals surface area (Å²) in [5.74, 6) is -1.62. The number of ether oxygens (including phenoxy) is 1. The molecule has 0 saturated carbocycles. The first-order valence-electron chi connectivity index (χ1n) is 3.29. The standard InChI is InChI=1S/C6H9NO4/c7-5(8)3-1-2-4(11-3)6(9)10/h3-4H,1-2H2,(H2,7,8)(H,9,10)/t3-,4+/m0/s1. The quantitative estimate of drug-likeness (QED) is 0.546. The summed E-state index contributed by atoms with van der Waals surface area (Å²) in [4.78, 5) is 20.8. The van der Waals surface area contributed by atoms with E-state index < -0.39 is 24.1 Å². The van der Waals surface area contributed by atoms with Crippen molar-refractivity contribution in [2.75, 3.05) is 0 Å². The van der Waals surface area contributed by atoms with Gasteiger partial charge in [-0.25, -0.2) is 4.79 Å². The second kappa shape index (κ2) is 2.87. The first kappa shape index (κ1) is 8.00. The minimum atomic E-state index is -1.03. The number of primary amides is 1. The van der Waals surface area contributed by atoms with E-state index in [0.29, 0.717) is 12.8 Å². The van der Waals surface area contributed by atoms with Crippen LogP contribution in [-0.4, -0.2) is 29.2 Å². The van der Waals surface area contributed by atoms with Gasteiger partial charge in [0.2, 0.25) is 5.91 Å². The lowest BCUT2D eigenvalue weighted by Gasteiger charge is -2.05. The van der Waals surface area contributed by atoms with Gasteiger partial charge in [0.25, 0.3) is 0 Å². The molecule has 0 spiro atoms. The Hall–Kier alpha value is -1.10. The van der Waals surface area contributed by atoms with E-state index in [2.05, 4.69) is 0 Å². The van der Waals surface area contributed by atoms with Gasteiger partial charge in [-0.05, 0) is 12.8 Å². The maximum absolute atomic E-state index is 10.5. The van der Waals surface area contributed by atoms with Crippen molar-refractivity contribution in [3.63, 3.8) is 0 Å². The monoisotopic (exact) mass is 159 g/mol. The van der Waals surface area contributed by atoms with E-state index in [-0.39, 0.29) is 0 Å². The van der Waals surface area contributed by atoms with Crippen LogP contribution in [0.5, 0.6) is 0 Å². The van der Waals surface area contributed by atoms with Crippen LogP contribution in [0.3, 0.4) is 0 Å². The molecule has 11 heavy (non-hydrogen) atoms. The summed E-state index contributed by atoms with van der Waals surface area (Å²) in [7, 11) is 0. The van der Waals surface area contributed by atoms with Crippen molar-refractivity contribution in [3.8, 4) is 0 Å². The second-order valence-electron chi connectivity index (χ2n) is 2.43. The molecule has 0 radical (unpaired) electrons. The van der Waals surface area contributed by atoms with Gasteiger partial charge in [0, 0.05) is 0 Å². The summed E-state index contributed by atoms with van der Waals surface area (Å²) in [6.07, 6.45) is -0.793. The lowest BCUT2D eigenvalue weighted by atomic mass is 10.2. The molecule has 0 aromatic carbocycles. The summed E-state index contributed by atoms with van der Waals surface area (Å²) < 4.78 is 4.81. The van der Waals surface area contributed by atoms with Gasteiger partial charge in [0.1, 0.15) is 6.10 Å². The zero-order valence-corrected chi connectivity index (χ0v) is 5.82.